The maximum Gasteiger partial charge on any atom is 0.435 e. The van der Waals surface area contributed by atoms with Crippen LogP contribution in [0.5, 0.6) is 17.2 Å². The number of fused-ring (bicyclic) bond motifs is 5. The number of phenolic OH excluding ortho intramolecular Hbond substituents is 1. The van der Waals surface area contributed by atoms with Gasteiger partial charge in [0.1, 0.15) is 24.7 Å². The van der Waals surface area contributed by atoms with E-state index in [9.17, 15) is 49.0 Å². The first kappa shape index (κ1) is 36.3. The predicted octanol–water partition coefficient (Wildman–Crippen LogP) is 9.06. The van der Waals surface area contributed by atoms with Crippen LogP contribution in [0.15, 0.2) is 36.4 Å². The molecule has 0 radical (unpaired) electrons. The Hall–Kier alpha value is -2.94. The van der Waals surface area contributed by atoms with Crippen molar-refractivity contribution in [2.45, 2.75) is 88.0 Å². The minimum absolute atomic E-state index is 0.165. The summed E-state index contributed by atoms with van der Waals surface area (Å²) in [6, 6.07) is 9.70. The molecule has 268 valence electrons. The number of benzene rings is 2. The number of phenols is 1. The Balaban J connectivity index is 1.13. The van der Waals surface area contributed by atoms with Crippen LogP contribution in [0.2, 0.25) is 0 Å². The lowest BCUT2D eigenvalue weighted by molar-refractivity contribution is -0.457. The SMILES string of the molecule is C[C@]12CC[C@@H]3c4ccc(OCCOc5ccc(O)c(F)c5)cc4CCC3[C@@H]1CC[C@@H]2OCCCOC(C(F)(F)F)(C(F)(F)F)C(F)(F)F. The number of aromatic hydroxyl groups is 1. The number of alkyl halides is 9. The van der Waals surface area contributed by atoms with Crippen molar-refractivity contribution in [2.24, 2.45) is 17.3 Å². The van der Waals surface area contributed by atoms with Crippen LogP contribution in [0.1, 0.15) is 62.5 Å². The zero-order chi connectivity index (χ0) is 35.1. The minimum atomic E-state index is -6.75. The molecule has 0 aromatic heterocycles. The summed E-state index contributed by atoms with van der Waals surface area (Å²) in [5, 5.41) is 9.28. The number of rotatable bonds is 11. The summed E-state index contributed by atoms with van der Waals surface area (Å²) < 4.78 is 152. The second-order valence-electron chi connectivity index (χ2n) is 12.9. The van der Waals surface area contributed by atoms with E-state index >= 15 is 0 Å². The smallest absolute Gasteiger partial charge is 0.435 e. The largest absolute Gasteiger partial charge is 0.505 e. The molecule has 3 aliphatic carbocycles. The molecule has 48 heavy (non-hydrogen) atoms. The topological polar surface area (TPSA) is 57.2 Å². The summed E-state index contributed by atoms with van der Waals surface area (Å²) >= 11 is 0. The van der Waals surface area contributed by atoms with Gasteiger partial charge in [0, 0.05) is 12.7 Å². The van der Waals surface area contributed by atoms with Crippen LogP contribution in [0.25, 0.3) is 0 Å². The molecule has 0 spiro atoms. The molecule has 0 aliphatic heterocycles. The van der Waals surface area contributed by atoms with E-state index in [1.807, 2.05) is 12.1 Å². The first-order valence-electron chi connectivity index (χ1n) is 15.7. The van der Waals surface area contributed by atoms with Gasteiger partial charge in [0.15, 0.2) is 11.6 Å². The van der Waals surface area contributed by atoms with E-state index in [1.54, 1.807) is 0 Å². The predicted molar refractivity (Wildman–Crippen MR) is 151 cm³/mol. The number of hydrogen-bond acceptors (Lipinski definition) is 5. The zero-order valence-electron chi connectivity index (χ0n) is 25.9. The molecule has 0 amide bonds. The lowest BCUT2D eigenvalue weighted by Crippen LogP contribution is -2.67. The number of aryl methyl sites for hydroxylation is 1. The highest BCUT2D eigenvalue weighted by Gasteiger charge is 2.85. The van der Waals surface area contributed by atoms with E-state index in [-0.39, 0.29) is 43.0 Å². The van der Waals surface area contributed by atoms with Crippen LogP contribution in [-0.4, -0.2) is 61.8 Å². The summed E-state index contributed by atoms with van der Waals surface area (Å²) in [6.07, 6.45) is -16.4. The normalized spacial score (nSPS) is 26.1. The van der Waals surface area contributed by atoms with Gasteiger partial charge in [-0.2, -0.15) is 39.5 Å². The molecule has 1 N–H and O–H groups in total. The zero-order valence-corrected chi connectivity index (χ0v) is 25.9. The van der Waals surface area contributed by atoms with Gasteiger partial charge in [-0.25, -0.2) is 4.39 Å². The third-order valence-electron chi connectivity index (χ3n) is 10.3. The van der Waals surface area contributed by atoms with Crippen LogP contribution >= 0.6 is 0 Å². The van der Waals surface area contributed by atoms with E-state index in [2.05, 4.69) is 17.7 Å². The van der Waals surface area contributed by atoms with Gasteiger partial charge in [0.2, 0.25) is 0 Å². The second kappa shape index (κ2) is 13.4. The number of ether oxygens (including phenoxy) is 4. The van der Waals surface area contributed by atoms with E-state index in [1.165, 1.54) is 23.3 Å². The van der Waals surface area contributed by atoms with Crippen LogP contribution < -0.4 is 9.47 Å². The molecule has 15 heteroatoms. The minimum Gasteiger partial charge on any atom is -0.505 e. The summed E-state index contributed by atoms with van der Waals surface area (Å²) in [5.74, 6) is 0.580. The third-order valence-corrected chi connectivity index (χ3v) is 10.3. The highest BCUT2D eigenvalue weighted by atomic mass is 19.4. The van der Waals surface area contributed by atoms with Gasteiger partial charge >= 0.3 is 24.1 Å². The molecular formula is C33H36F10O5. The van der Waals surface area contributed by atoms with Gasteiger partial charge < -0.3 is 24.1 Å². The fourth-order valence-electron chi connectivity index (χ4n) is 8.01. The first-order chi connectivity index (χ1) is 22.4. The Morgan fingerprint density at radius 1 is 0.771 bits per heavy atom. The third kappa shape index (κ3) is 6.77. The Morgan fingerprint density at radius 2 is 1.40 bits per heavy atom. The summed E-state index contributed by atoms with van der Waals surface area (Å²) in [6.45, 7) is 0.676. The molecule has 2 aromatic rings. The van der Waals surface area contributed by atoms with E-state index in [4.69, 9.17) is 14.2 Å². The van der Waals surface area contributed by atoms with Gasteiger partial charge in [-0.3, -0.25) is 0 Å². The molecule has 5 nitrogen and oxygen atoms in total. The van der Waals surface area contributed by atoms with Crippen LogP contribution in [0, 0.1) is 23.1 Å². The molecule has 1 unspecified atom stereocenters. The Labute approximate surface area is 270 Å². The van der Waals surface area contributed by atoms with Crippen molar-refractivity contribution >= 4 is 0 Å². The maximum atomic E-state index is 13.5. The average Bonchev–Trinajstić information content (AvgIpc) is 3.32. The van der Waals surface area contributed by atoms with Gasteiger partial charge in [0.05, 0.1) is 12.7 Å². The lowest BCUT2D eigenvalue weighted by Gasteiger charge is -2.50. The molecule has 2 aromatic carbocycles. The standard InChI is InChI=1S/C33H36F10O5/c1-29-12-11-23-22-7-4-20(45-15-16-46-21-5-9-27(44)26(34)18-21)17-19(22)3-6-24(23)25(29)8-10-28(29)47-13-2-14-48-30(31(35,36)37,32(38,39)40)33(41,42)43/h4-5,7,9,17-18,23-25,28,44H,2-3,6,8,10-16H2,1H3/t23-,24?,25+,28+,29+/m1/s1. The number of hydrogen-bond donors (Lipinski definition) is 1. The van der Waals surface area contributed by atoms with Crippen molar-refractivity contribution < 1.29 is 68.0 Å². The highest BCUT2D eigenvalue weighted by molar-refractivity contribution is 5.41. The van der Waals surface area contributed by atoms with Crippen molar-refractivity contribution in [3.05, 3.63) is 53.3 Å². The fraction of sp³-hybridized carbons (Fsp3) is 0.636. The van der Waals surface area contributed by atoms with Gasteiger partial charge in [-0.15, -0.1) is 0 Å². The summed E-state index contributed by atoms with van der Waals surface area (Å²) in [5.41, 5.74) is -4.15. The summed E-state index contributed by atoms with van der Waals surface area (Å²) in [7, 11) is 0. The van der Waals surface area contributed by atoms with Crippen molar-refractivity contribution in [1.29, 1.82) is 0 Å². The highest BCUT2D eigenvalue weighted by Crippen LogP contribution is 2.62. The molecule has 0 heterocycles. The van der Waals surface area contributed by atoms with E-state index in [0.717, 1.165) is 38.2 Å². The van der Waals surface area contributed by atoms with Gasteiger partial charge in [-0.1, -0.05) is 13.0 Å². The van der Waals surface area contributed by atoms with Crippen molar-refractivity contribution in [2.75, 3.05) is 26.4 Å². The van der Waals surface area contributed by atoms with Gasteiger partial charge in [-0.05, 0) is 104 Å². The average molecular weight is 703 g/mol. The second-order valence-corrected chi connectivity index (χ2v) is 12.9. The Kier molecular flexibility index (Phi) is 10.2. The molecule has 0 bridgehead atoms. The molecule has 2 fully saturated rings. The number of halogens is 10. The lowest BCUT2D eigenvalue weighted by atomic mass is 9.55. The first-order valence-corrected chi connectivity index (χ1v) is 15.7. The fourth-order valence-corrected chi connectivity index (χ4v) is 8.01. The monoisotopic (exact) mass is 702 g/mol. The van der Waals surface area contributed by atoms with Crippen LogP contribution in [0.4, 0.5) is 43.9 Å². The van der Waals surface area contributed by atoms with Gasteiger partial charge in [0.25, 0.3) is 0 Å². The van der Waals surface area contributed by atoms with E-state index < -0.39 is 48.7 Å². The van der Waals surface area contributed by atoms with Crippen LogP contribution in [-0.2, 0) is 15.9 Å². The van der Waals surface area contributed by atoms with Crippen molar-refractivity contribution in [3.8, 4) is 17.2 Å². The maximum absolute atomic E-state index is 13.5. The Morgan fingerprint density at radius 3 is 2.02 bits per heavy atom. The van der Waals surface area contributed by atoms with Crippen LogP contribution in [0.3, 0.4) is 0 Å². The Bertz CT molecular complexity index is 1390. The van der Waals surface area contributed by atoms with E-state index in [0.29, 0.717) is 24.0 Å². The summed E-state index contributed by atoms with van der Waals surface area (Å²) in [4.78, 5) is 0. The molecular weight excluding hydrogens is 666 g/mol. The molecule has 3 aliphatic rings. The quantitative estimate of drug-likeness (QED) is 0.187. The molecule has 0 saturated heterocycles. The molecule has 5 atom stereocenters. The van der Waals surface area contributed by atoms with Crippen molar-refractivity contribution in [1.82, 2.24) is 0 Å². The van der Waals surface area contributed by atoms with Crippen molar-refractivity contribution in [3.63, 3.8) is 0 Å². The molecule has 2 saturated carbocycles. The molecule has 5 rings (SSSR count).